The molecule has 0 bridgehead atoms. The maximum atomic E-state index is 10.6. The molecule has 1 atom stereocenters. The Labute approximate surface area is 107 Å². The van der Waals surface area contributed by atoms with Crippen LogP contribution in [-0.2, 0) is 4.79 Å². The fraction of sp³-hybridized carbons (Fsp3) is 0.364. The largest absolute Gasteiger partial charge is 0.503 e. The van der Waals surface area contributed by atoms with E-state index < -0.39 is 12.0 Å². The maximum absolute atomic E-state index is 10.6. The maximum Gasteiger partial charge on any atom is 0.305 e. The predicted molar refractivity (Wildman–Crippen MR) is 66.3 cm³/mol. The molecule has 6 heteroatoms. The molecule has 4 N–H and O–H groups in total. The van der Waals surface area contributed by atoms with Crippen LogP contribution in [0.1, 0.15) is 23.6 Å². The molecule has 1 unspecified atom stereocenters. The van der Waals surface area contributed by atoms with Gasteiger partial charge in [0.2, 0.25) is 0 Å². The molecule has 0 heterocycles. The number of ether oxygens (including phenoxy) is 1. The molecule has 94 valence electrons. The number of carbonyl (C=O) groups is 1. The van der Waals surface area contributed by atoms with Gasteiger partial charge in [-0.15, -0.1) is 0 Å². The van der Waals surface area contributed by atoms with Crippen molar-refractivity contribution in [3.8, 4) is 11.5 Å². The average Bonchev–Trinajstić information content (AvgIpc) is 2.22. The van der Waals surface area contributed by atoms with Crippen molar-refractivity contribution in [1.82, 2.24) is 0 Å². The fourth-order valence-electron chi connectivity index (χ4n) is 1.65. The number of phenols is 1. The average molecular weight is 304 g/mol. The Morgan fingerprint density at radius 3 is 2.71 bits per heavy atom. The summed E-state index contributed by atoms with van der Waals surface area (Å²) < 4.78 is 5.36. The lowest BCUT2D eigenvalue weighted by Crippen LogP contribution is -2.17. The second-order valence-electron chi connectivity index (χ2n) is 3.68. The van der Waals surface area contributed by atoms with E-state index in [2.05, 4.69) is 15.9 Å². The van der Waals surface area contributed by atoms with Crippen LogP contribution in [0.3, 0.4) is 0 Å². The molecule has 0 radical (unpaired) electrons. The van der Waals surface area contributed by atoms with E-state index >= 15 is 0 Å². The molecule has 0 saturated heterocycles. The first-order chi connectivity index (χ1) is 7.88. The highest BCUT2D eigenvalue weighted by atomic mass is 79.9. The first-order valence-electron chi connectivity index (χ1n) is 4.91. The molecule has 0 amide bonds. The van der Waals surface area contributed by atoms with Gasteiger partial charge in [-0.1, -0.05) is 0 Å². The third-order valence-corrected chi connectivity index (χ3v) is 3.24. The van der Waals surface area contributed by atoms with Crippen molar-refractivity contribution in [1.29, 1.82) is 0 Å². The number of carboxylic acid groups (broad SMARTS) is 1. The van der Waals surface area contributed by atoms with Gasteiger partial charge in [-0.3, -0.25) is 4.79 Å². The van der Waals surface area contributed by atoms with Gasteiger partial charge in [-0.2, -0.15) is 0 Å². The molecule has 0 aliphatic heterocycles. The second-order valence-corrected chi connectivity index (χ2v) is 4.47. The van der Waals surface area contributed by atoms with Gasteiger partial charge < -0.3 is 20.7 Å². The molecular formula is C11H14BrNO4. The quantitative estimate of drug-likeness (QED) is 0.790. The van der Waals surface area contributed by atoms with Crippen molar-refractivity contribution >= 4 is 21.9 Å². The number of aryl methyl sites for hydroxylation is 1. The van der Waals surface area contributed by atoms with Crippen LogP contribution in [0.5, 0.6) is 11.5 Å². The lowest BCUT2D eigenvalue weighted by Gasteiger charge is -2.17. The summed E-state index contributed by atoms with van der Waals surface area (Å²) in [5, 5.41) is 18.5. The Balaban J connectivity index is 3.25. The molecular weight excluding hydrogens is 290 g/mol. The zero-order valence-electron chi connectivity index (χ0n) is 9.53. The zero-order chi connectivity index (χ0) is 13.2. The molecule has 0 aliphatic rings. The summed E-state index contributed by atoms with van der Waals surface area (Å²) in [6.07, 6.45) is -0.203. The number of aliphatic carboxylic acids is 1. The SMILES string of the molecule is COc1cc(C)c(C(N)CC(=O)O)c(Br)c1O. The Morgan fingerprint density at radius 2 is 2.24 bits per heavy atom. The number of halogens is 1. The van der Waals surface area contributed by atoms with E-state index in [9.17, 15) is 9.90 Å². The summed E-state index contributed by atoms with van der Waals surface area (Å²) in [4.78, 5) is 10.6. The molecule has 1 aromatic rings. The lowest BCUT2D eigenvalue weighted by molar-refractivity contribution is -0.137. The number of methoxy groups -OCH3 is 1. The Bertz CT molecular complexity index is 448. The molecule has 0 aromatic heterocycles. The van der Waals surface area contributed by atoms with Crippen LogP contribution in [0.4, 0.5) is 0 Å². The molecule has 0 saturated carbocycles. The smallest absolute Gasteiger partial charge is 0.305 e. The summed E-state index contributed by atoms with van der Waals surface area (Å²) in [5.41, 5.74) is 7.13. The number of nitrogens with two attached hydrogens (primary N) is 1. The summed E-state index contributed by atoms with van der Waals surface area (Å²) in [6, 6.07) is 0.940. The van der Waals surface area contributed by atoms with Gasteiger partial charge in [0.15, 0.2) is 11.5 Å². The minimum atomic E-state index is -0.987. The Hall–Kier alpha value is -1.27. The molecule has 17 heavy (non-hydrogen) atoms. The number of phenolic OH excluding ortho intramolecular Hbond substituents is 1. The van der Waals surface area contributed by atoms with Crippen molar-refractivity contribution in [2.24, 2.45) is 5.73 Å². The van der Waals surface area contributed by atoms with Gasteiger partial charge >= 0.3 is 5.97 Å². The highest BCUT2D eigenvalue weighted by Crippen LogP contribution is 2.41. The second kappa shape index (κ2) is 5.37. The minimum absolute atomic E-state index is 0.0751. The number of aromatic hydroxyl groups is 1. The summed E-state index contributed by atoms with van der Waals surface area (Å²) in [6.45, 7) is 1.78. The summed E-state index contributed by atoms with van der Waals surface area (Å²) >= 11 is 3.21. The Kier molecular flexibility index (Phi) is 4.36. The van der Waals surface area contributed by atoms with E-state index in [4.69, 9.17) is 15.6 Å². The minimum Gasteiger partial charge on any atom is -0.503 e. The first-order valence-corrected chi connectivity index (χ1v) is 5.71. The highest BCUT2D eigenvalue weighted by Gasteiger charge is 2.21. The van der Waals surface area contributed by atoms with E-state index in [1.54, 1.807) is 13.0 Å². The van der Waals surface area contributed by atoms with Gasteiger partial charge in [0, 0.05) is 6.04 Å². The number of benzene rings is 1. The van der Waals surface area contributed by atoms with Crippen LogP contribution in [0, 0.1) is 6.92 Å². The normalized spacial score (nSPS) is 12.2. The van der Waals surface area contributed by atoms with Gasteiger partial charge in [0.25, 0.3) is 0 Å². The standard InChI is InChI=1S/C11H14BrNO4/c1-5-3-7(17-2)11(16)10(12)9(5)6(13)4-8(14)15/h3,6,16H,4,13H2,1-2H3,(H,14,15). The number of hydrogen-bond donors (Lipinski definition) is 3. The van der Waals surface area contributed by atoms with Gasteiger partial charge in [0.1, 0.15) is 0 Å². The third kappa shape index (κ3) is 2.89. The molecule has 0 aliphatic carbocycles. The van der Waals surface area contributed by atoms with Crippen molar-refractivity contribution in [3.63, 3.8) is 0 Å². The van der Waals surface area contributed by atoms with Gasteiger partial charge in [0.05, 0.1) is 18.0 Å². The third-order valence-electron chi connectivity index (χ3n) is 2.44. The van der Waals surface area contributed by atoms with E-state index in [0.29, 0.717) is 15.8 Å². The number of hydrogen-bond acceptors (Lipinski definition) is 4. The molecule has 5 nitrogen and oxygen atoms in total. The zero-order valence-corrected chi connectivity index (χ0v) is 11.1. The highest BCUT2D eigenvalue weighted by molar-refractivity contribution is 9.10. The monoisotopic (exact) mass is 303 g/mol. The van der Waals surface area contributed by atoms with Crippen LogP contribution in [0.2, 0.25) is 0 Å². The topological polar surface area (TPSA) is 92.8 Å². The fourth-order valence-corrected chi connectivity index (χ4v) is 2.45. The Morgan fingerprint density at radius 1 is 1.65 bits per heavy atom. The summed E-state index contributed by atoms with van der Waals surface area (Å²) in [7, 11) is 1.44. The number of rotatable bonds is 4. The predicted octanol–water partition coefficient (Wildman–Crippen LogP) is 1.95. The molecule has 0 spiro atoms. The van der Waals surface area contributed by atoms with Crippen molar-refractivity contribution in [2.75, 3.05) is 7.11 Å². The summed E-state index contributed by atoms with van der Waals surface area (Å²) in [5.74, 6) is -0.742. The van der Waals surface area contributed by atoms with Crippen molar-refractivity contribution < 1.29 is 19.7 Å². The lowest BCUT2D eigenvalue weighted by atomic mass is 9.98. The van der Waals surface area contributed by atoms with Crippen molar-refractivity contribution in [2.45, 2.75) is 19.4 Å². The van der Waals surface area contributed by atoms with E-state index in [0.717, 1.165) is 5.56 Å². The van der Waals surface area contributed by atoms with Gasteiger partial charge in [-0.05, 0) is 40.0 Å². The molecule has 1 aromatic carbocycles. The van der Waals surface area contributed by atoms with Crippen molar-refractivity contribution in [3.05, 3.63) is 21.7 Å². The molecule has 0 fully saturated rings. The van der Waals surface area contributed by atoms with E-state index in [1.165, 1.54) is 7.11 Å². The first kappa shape index (κ1) is 13.8. The van der Waals surface area contributed by atoms with Gasteiger partial charge in [-0.25, -0.2) is 0 Å². The van der Waals surface area contributed by atoms with Crippen LogP contribution in [0.25, 0.3) is 0 Å². The number of carboxylic acids is 1. The van der Waals surface area contributed by atoms with Crippen LogP contribution >= 0.6 is 15.9 Å². The van der Waals surface area contributed by atoms with Crippen LogP contribution in [-0.4, -0.2) is 23.3 Å². The molecule has 1 rings (SSSR count). The van der Waals surface area contributed by atoms with E-state index in [1.807, 2.05) is 0 Å². The van der Waals surface area contributed by atoms with E-state index in [-0.39, 0.29) is 12.2 Å². The van der Waals surface area contributed by atoms with Crippen LogP contribution < -0.4 is 10.5 Å². The van der Waals surface area contributed by atoms with Crippen LogP contribution in [0.15, 0.2) is 10.5 Å².